The van der Waals surface area contributed by atoms with Crippen LogP contribution >= 0.6 is 11.6 Å². The van der Waals surface area contributed by atoms with Crippen molar-refractivity contribution in [1.29, 1.82) is 0 Å². The van der Waals surface area contributed by atoms with E-state index in [-0.39, 0.29) is 34.1 Å². The second-order valence-electron chi connectivity index (χ2n) is 8.57. The first-order valence-electron chi connectivity index (χ1n) is 11.4. The van der Waals surface area contributed by atoms with Crippen molar-refractivity contribution in [3.63, 3.8) is 0 Å². The van der Waals surface area contributed by atoms with Crippen molar-refractivity contribution < 1.29 is 13.9 Å². The summed E-state index contributed by atoms with van der Waals surface area (Å²) in [5, 5.41) is 7.12. The first-order valence-corrected chi connectivity index (χ1v) is 11.8. The molecule has 1 atom stereocenters. The summed E-state index contributed by atoms with van der Waals surface area (Å²) in [5.41, 5.74) is 7.72. The average molecular weight is 508 g/mol. The van der Waals surface area contributed by atoms with Gasteiger partial charge in [0.1, 0.15) is 11.3 Å². The molecule has 1 amide bonds. The number of anilines is 1. The number of halogens is 2. The van der Waals surface area contributed by atoms with Crippen molar-refractivity contribution in [3.05, 3.63) is 82.5 Å². The number of piperidine rings is 1. The molecule has 3 heterocycles. The number of hydrogen-bond acceptors (Lipinski definition) is 5. The Morgan fingerprint density at radius 1 is 1.28 bits per heavy atom. The molecule has 184 valence electrons. The van der Waals surface area contributed by atoms with Crippen LogP contribution in [0.3, 0.4) is 0 Å². The van der Waals surface area contributed by atoms with Gasteiger partial charge in [-0.15, -0.1) is 0 Å². The van der Waals surface area contributed by atoms with Gasteiger partial charge in [0.2, 0.25) is 5.91 Å². The number of nitrogen functional groups attached to an aromatic ring is 1. The van der Waals surface area contributed by atoms with Crippen molar-refractivity contribution in [2.24, 2.45) is 0 Å². The number of ether oxygens (including phenoxy) is 1. The van der Waals surface area contributed by atoms with Crippen LogP contribution in [0.15, 0.2) is 66.1 Å². The van der Waals surface area contributed by atoms with E-state index in [4.69, 9.17) is 22.1 Å². The molecule has 5 rings (SSSR count). The number of likely N-dealkylation sites (tertiary alicyclic amines) is 1. The third-order valence-corrected chi connectivity index (χ3v) is 6.66. The number of hydrogen-bond donors (Lipinski definition) is 2. The summed E-state index contributed by atoms with van der Waals surface area (Å²) in [4.78, 5) is 26.8. The predicted octanol–water partition coefficient (Wildman–Crippen LogP) is 4.91. The van der Waals surface area contributed by atoms with Gasteiger partial charge in [-0.2, -0.15) is 5.10 Å². The Bertz CT molecular complexity index is 1510. The minimum absolute atomic E-state index is 0.0561. The van der Waals surface area contributed by atoms with Gasteiger partial charge in [-0.05, 0) is 48.7 Å². The van der Waals surface area contributed by atoms with E-state index >= 15 is 0 Å². The smallest absolute Gasteiger partial charge is 0.288 e. The van der Waals surface area contributed by atoms with Gasteiger partial charge in [0.05, 0.1) is 16.5 Å². The zero-order valence-corrected chi connectivity index (χ0v) is 20.0. The number of carbonyl (C=O) groups excluding carboxylic acids is 1. The van der Waals surface area contributed by atoms with Gasteiger partial charge in [0.15, 0.2) is 17.4 Å². The maximum absolute atomic E-state index is 14.1. The standard InChI is InChI=1S/C26H23ClFN5O3/c1-2-21(34)32-12-4-5-16(13-32)33-14-18(22-23(33)26(35)31-30-25(22)29)15-8-10-17(11-9-15)36-24-19(27)6-3-7-20(24)28/h2-3,6-11,14,16H,1,4-5,12-13H2,(H2,29,30)(H,31,35). The van der Waals surface area contributed by atoms with Crippen LogP contribution in [0.25, 0.3) is 22.0 Å². The Hall–Kier alpha value is -4.11. The quantitative estimate of drug-likeness (QED) is 0.373. The number of nitrogens with two attached hydrogens (primary N) is 1. The molecule has 1 aliphatic rings. The van der Waals surface area contributed by atoms with E-state index in [2.05, 4.69) is 16.8 Å². The number of aromatic nitrogens is 3. The van der Waals surface area contributed by atoms with Gasteiger partial charge < -0.3 is 19.9 Å². The molecule has 10 heteroatoms. The Morgan fingerprint density at radius 2 is 2.06 bits per heavy atom. The first-order chi connectivity index (χ1) is 17.4. The fraction of sp³-hybridized carbons (Fsp3) is 0.192. The molecule has 0 saturated carbocycles. The third-order valence-electron chi connectivity index (χ3n) is 6.36. The number of carbonyl (C=O) groups is 1. The summed E-state index contributed by atoms with van der Waals surface area (Å²) in [7, 11) is 0. The highest BCUT2D eigenvalue weighted by atomic mass is 35.5. The monoisotopic (exact) mass is 507 g/mol. The van der Waals surface area contributed by atoms with Gasteiger partial charge in [-0.1, -0.05) is 36.4 Å². The van der Waals surface area contributed by atoms with Gasteiger partial charge in [0, 0.05) is 24.8 Å². The van der Waals surface area contributed by atoms with Crippen LogP contribution in [0.1, 0.15) is 18.9 Å². The number of nitrogens with one attached hydrogen (secondary N) is 1. The lowest BCUT2D eigenvalue weighted by Gasteiger charge is -2.33. The highest BCUT2D eigenvalue weighted by Gasteiger charge is 2.27. The van der Waals surface area contributed by atoms with Crippen molar-refractivity contribution in [1.82, 2.24) is 19.7 Å². The molecule has 1 aliphatic heterocycles. The molecule has 2 aromatic heterocycles. The van der Waals surface area contributed by atoms with Crippen LogP contribution in [0.5, 0.6) is 11.5 Å². The number of H-pyrrole nitrogens is 1. The van der Waals surface area contributed by atoms with E-state index in [0.717, 1.165) is 18.4 Å². The molecule has 3 N–H and O–H groups in total. The van der Waals surface area contributed by atoms with E-state index in [1.165, 1.54) is 18.2 Å². The van der Waals surface area contributed by atoms with Crippen LogP contribution in [0.2, 0.25) is 5.02 Å². The summed E-state index contributed by atoms with van der Waals surface area (Å²) in [6.45, 7) is 4.67. The molecule has 0 spiro atoms. The van der Waals surface area contributed by atoms with Gasteiger partial charge in [0.25, 0.3) is 5.56 Å². The number of rotatable bonds is 5. The zero-order valence-electron chi connectivity index (χ0n) is 19.2. The summed E-state index contributed by atoms with van der Waals surface area (Å²) in [6, 6.07) is 11.1. The Labute approximate surface area is 210 Å². The van der Waals surface area contributed by atoms with Gasteiger partial charge in [-0.3, -0.25) is 9.59 Å². The lowest BCUT2D eigenvalue weighted by molar-refractivity contribution is -0.127. The predicted molar refractivity (Wildman–Crippen MR) is 137 cm³/mol. The number of aromatic amines is 1. The largest absolute Gasteiger partial charge is 0.453 e. The summed E-state index contributed by atoms with van der Waals surface area (Å²) >= 11 is 6.07. The molecule has 4 aromatic rings. The fourth-order valence-corrected chi connectivity index (χ4v) is 4.85. The molecule has 0 aliphatic carbocycles. The molecular weight excluding hydrogens is 485 g/mol. The van der Waals surface area contributed by atoms with E-state index in [1.807, 2.05) is 10.8 Å². The number of para-hydroxylation sites is 1. The molecule has 1 saturated heterocycles. The zero-order chi connectivity index (χ0) is 25.4. The summed E-state index contributed by atoms with van der Waals surface area (Å²) < 4.78 is 21.7. The molecule has 8 nitrogen and oxygen atoms in total. The SMILES string of the molecule is C=CC(=O)N1CCCC(n2cc(-c3ccc(Oc4c(F)cccc4Cl)cc3)c3c(N)n[nH]c(=O)c32)C1. The number of nitrogens with zero attached hydrogens (tertiary/aromatic N) is 3. The normalized spacial score (nSPS) is 15.7. The van der Waals surface area contributed by atoms with Gasteiger partial charge >= 0.3 is 0 Å². The Balaban J connectivity index is 1.54. The topological polar surface area (TPSA) is 106 Å². The minimum atomic E-state index is -0.566. The molecule has 1 unspecified atom stereocenters. The maximum Gasteiger partial charge on any atom is 0.288 e. The fourth-order valence-electron chi connectivity index (χ4n) is 4.65. The third kappa shape index (κ3) is 4.22. The van der Waals surface area contributed by atoms with Crippen LogP contribution in [0, 0.1) is 5.82 Å². The molecule has 36 heavy (non-hydrogen) atoms. The van der Waals surface area contributed by atoms with E-state index in [1.54, 1.807) is 35.2 Å². The number of amides is 1. The highest BCUT2D eigenvalue weighted by molar-refractivity contribution is 6.32. The van der Waals surface area contributed by atoms with Crippen LogP contribution in [-0.2, 0) is 4.79 Å². The van der Waals surface area contributed by atoms with Crippen LogP contribution < -0.4 is 16.0 Å². The number of fused-ring (bicyclic) bond motifs is 1. The van der Waals surface area contributed by atoms with Crippen molar-refractivity contribution >= 4 is 34.2 Å². The Kier molecular flexibility index (Phi) is 6.24. The summed E-state index contributed by atoms with van der Waals surface area (Å²) in [6.07, 6.45) is 4.76. The first kappa shape index (κ1) is 23.6. The van der Waals surface area contributed by atoms with Crippen molar-refractivity contribution in [2.75, 3.05) is 18.8 Å². The van der Waals surface area contributed by atoms with Crippen molar-refractivity contribution in [3.8, 4) is 22.6 Å². The number of benzene rings is 2. The van der Waals surface area contributed by atoms with E-state index < -0.39 is 5.82 Å². The molecule has 0 bridgehead atoms. The molecular formula is C26H23ClFN5O3. The highest BCUT2D eigenvalue weighted by Crippen LogP contribution is 2.37. The molecule has 1 fully saturated rings. The van der Waals surface area contributed by atoms with Gasteiger partial charge in [-0.25, -0.2) is 9.49 Å². The molecule has 2 aromatic carbocycles. The summed E-state index contributed by atoms with van der Waals surface area (Å²) in [5.74, 6) is -0.184. The lowest BCUT2D eigenvalue weighted by atomic mass is 10.1. The van der Waals surface area contributed by atoms with Crippen LogP contribution in [0.4, 0.5) is 10.2 Å². The minimum Gasteiger partial charge on any atom is -0.453 e. The molecule has 0 radical (unpaired) electrons. The second kappa shape index (κ2) is 9.50. The van der Waals surface area contributed by atoms with E-state index in [0.29, 0.717) is 35.3 Å². The maximum atomic E-state index is 14.1. The lowest BCUT2D eigenvalue weighted by Crippen LogP contribution is -2.40. The Morgan fingerprint density at radius 3 is 2.78 bits per heavy atom. The second-order valence-corrected chi connectivity index (χ2v) is 8.98. The van der Waals surface area contributed by atoms with E-state index in [9.17, 15) is 14.0 Å². The van der Waals surface area contributed by atoms with Crippen LogP contribution in [-0.4, -0.2) is 38.7 Å². The van der Waals surface area contributed by atoms with Crippen molar-refractivity contribution in [2.45, 2.75) is 18.9 Å². The average Bonchev–Trinajstić information content (AvgIpc) is 3.31.